The molecule has 1 heterocycles. The SMILES string of the molecule is Cn1cnc(S(=O)(=O)Nc2cc(N)c(F)cc2F)c1. The van der Waals surface area contributed by atoms with Crippen LogP contribution in [0.4, 0.5) is 20.2 Å². The number of aryl methyl sites for hydroxylation is 1. The second-order valence-corrected chi connectivity index (χ2v) is 5.47. The molecule has 0 aliphatic rings. The summed E-state index contributed by atoms with van der Waals surface area (Å²) in [6.07, 6.45) is 2.52. The number of hydrogen-bond acceptors (Lipinski definition) is 4. The molecule has 9 heteroatoms. The standard InChI is InChI=1S/C10H10F2N4O2S/c1-16-4-10(14-5-16)19(17,18)15-9-3-8(13)6(11)2-7(9)12/h2-5,15H,13H2,1H3. The smallest absolute Gasteiger partial charge is 0.281 e. The zero-order chi connectivity index (χ0) is 14.2. The molecule has 2 aromatic rings. The molecule has 102 valence electrons. The van der Waals surface area contributed by atoms with E-state index >= 15 is 0 Å². The number of rotatable bonds is 3. The lowest BCUT2D eigenvalue weighted by Crippen LogP contribution is -2.15. The molecule has 0 saturated heterocycles. The van der Waals surface area contributed by atoms with Gasteiger partial charge in [0, 0.05) is 19.3 Å². The number of halogens is 2. The monoisotopic (exact) mass is 288 g/mol. The van der Waals surface area contributed by atoms with Crippen LogP contribution in [0.5, 0.6) is 0 Å². The molecule has 19 heavy (non-hydrogen) atoms. The maximum absolute atomic E-state index is 13.4. The van der Waals surface area contributed by atoms with E-state index in [0.29, 0.717) is 6.07 Å². The summed E-state index contributed by atoms with van der Waals surface area (Å²) in [6.45, 7) is 0. The van der Waals surface area contributed by atoms with Gasteiger partial charge in [0.2, 0.25) is 0 Å². The summed E-state index contributed by atoms with van der Waals surface area (Å²) in [5.74, 6) is -2.02. The molecule has 0 unspecified atom stereocenters. The number of nitrogens with zero attached hydrogens (tertiary/aromatic N) is 2. The zero-order valence-corrected chi connectivity index (χ0v) is 10.6. The first-order valence-corrected chi connectivity index (χ1v) is 6.53. The lowest BCUT2D eigenvalue weighted by atomic mass is 10.2. The van der Waals surface area contributed by atoms with E-state index in [-0.39, 0.29) is 10.7 Å². The van der Waals surface area contributed by atoms with Crippen molar-refractivity contribution in [3.05, 3.63) is 36.3 Å². The third kappa shape index (κ3) is 2.65. The van der Waals surface area contributed by atoms with E-state index in [0.717, 1.165) is 6.07 Å². The molecule has 0 aliphatic heterocycles. The molecule has 1 aromatic heterocycles. The summed E-state index contributed by atoms with van der Waals surface area (Å²) in [7, 11) is -2.46. The number of nitrogen functional groups attached to an aromatic ring is 1. The van der Waals surface area contributed by atoms with Crippen molar-refractivity contribution in [1.82, 2.24) is 9.55 Å². The highest BCUT2D eigenvalue weighted by atomic mass is 32.2. The Labute approximate surface area is 107 Å². The Balaban J connectivity index is 2.38. The van der Waals surface area contributed by atoms with Crippen LogP contribution < -0.4 is 10.5 Å². The molecule has 1 aromatic carbocycles. The normalized spacial score (nSPS) is 11.5. The number of sulfonamides is 1. The van der Waals surface area contributed by atoms with E-state index in [1.165, 1.54) is 17.1 Å². The van der Waals surface area contributed by atoms with Gasteiger partial charge in [0.1, 0.15) is 11.6 Å². The predicted molar refractivity (Wildman–Crippen MR) is 64.8 cm³/mol. The number of aromatic nitrogens is 2. The molecule has 2 rings (SSSR count). The van der Waals surface area contributed by atoms with Gasteiger partial charge in [0.25, 0.3) is 10.0 Å². The first kappa shape index (κ1) is 13.3. The number of anilines is 2. The fourth-order valence-electron chi connectivity index (χ4n) is 1.37. The van der Waals surface area contributed by atoms with Crippen LogP contribution in [0, 0.1) is 11.6 Å². The number of nitrogens with one attached hydrogen (secondary N) is 1. The van der Waals surface area contributed by atoms with Crippen molar-refractivity contribution in [2.75, 3.05) is 10.5 Å². The maximum atomic E-state index is 13.4. The van der Waals surface area contributed by atoms with Crippen molar-refractivity contribution >= 4 is 21.4 Å². The molecule has 0 saturated carbocycles. The van der Waals surface area contributed by atoms with E-state index in [2.05, 4.69) is 4.98 Å². The van der Waals surface area contributed by atoms with Gasteiger partial charge in [-0.15, -0.1) is 0 Å². The molecule has 0 bridgehead atoms. The Kier molecular flexibility index (Phi) is 3.14. The second kappa shape index (κ2) is 4.50. The minimum atomic E-state index is -4.04. The van der Waals surface area contributed by atoms with Crippen LogP contribution in [-0.4, -0.2) is 18.0 Å². The highest BCUT2D eigenvalue weighted by Gasteiger charge is 2.19. The number of benzene rings is 1. The highest BCUT2D eigenvalue weighted by Crippen LogP contribution is 2.23. The fraction of sp³-hybridized carbons (Fsp3) is 0.100. The van der Waals surface area contributed by atoms with Gasteiger partial charge >= 0.3 is 0 Å². The highest BCUT2D eigenvalue weighted by molar-refractivity contribution is 7.92. The van der Waals surface area contributed by atoms with Crippen molar-refractivity contribution < 1.29 is 17.2 Å². The molecular formula is C10H10F2N4O2S. The summed E-state index contributed by atoms with van der Waals surface area (Å²) in [5, 5.41) is -0.280. The van der Waals surface area contributed by atoms with Crippen molar-refractivity contribution in [3.63, 3.8) is 0 Å². The Hall–Kier alpha value is -2.16. The maximum Gasteiger partial charge on any atom is 0.281 e. The van der Waals surface area contributed by atoms with Crippen molar-refractivity contribution in [2.45, 2.75) is 5.03 Å². The van der Waals surface area contributed by atoms with Crippen LogP contribution in [0.1, 0.15) is 0 Å². The average molecular weight is 288 g/mol. The van der Waals surface area contributed by atoms with E-state index in [1.54, 1.807) is 7.05 Å². The minimum Gasteiger partial charge on any atom is -0.396 e. The van der Waals surface area contributed by atoms with E-state index in [9.17, 15) is 17.2 Å². The van der Waals surface area contributed by atoms with E-state index in [1.807, 2.05) is 4.72 Å². The van der Waals surface area contributed by atoms with Crippen LogP contribution in [0.2, 0.25) is 0 Å². The molecular weight excluding hydrogens is 278 g/mol. The van der Waals surface area contributed by atoms with Gasteiger partial charge in [-0.25, -0.2) is 13.8 Å². The average Bonchev–Trinajstić information content (AvgIpc) is 2.73. The van der Waals surface area contributed by atoms with Crippen LogP contribution in [0.25, 0.3) is 0 Å². The van der Waals surface area contributed by atoms with Gasteiger partial charge in [-0.3, -0.25) is 4.72 Å². The van der Waals surface area contributed by atoms with Gasteiger partial charge < -0.3 is 10.3 Å². The van der Waals surface area contributed by atoms with Crippen molar-refractivity contribution in [1.29, 1.82) is 0 Å². The largest absolute Gasteiger partial charge is 0.396 e. The first-order valence-electron chi connectivity index (χ1n) is 5.05. The summed E-state index contributed by atoms with van der Waals surface area (Å²) < 4.78 is 53.5. The summed E-state index contributed by atoms with van der Waals surface area (Å²) in [4.78, 5) is 3.64. The van der Waals surface area contributed by atoms with Crippen molar-refractivity contribution in [3.8, 4) is 0 Å². The second-order valence-electron chi connectivity index (χ2n) is 3.84. The van der Waals surface area contributed by atoms with Gasteiger partial charge in [-0.1, -0.05) is 0 Å². The van der Waals surface area contributed by atoms with Crippen molar-refractivity contribution in [2.24, 2.45) is 7.05 Å². The number of nitrogens with two attached hydrogens (primary N) is 1. The van der Waals surface area contributed by atoms with Gasteiger partial charge in [-0.2, -0.15) is 8.42 Å². The summed E-state index contributed by atoms with van der Waals surface area (Å²) >= 11 is 0. The third-order valence-electron chi connectivity index (χ3n) is 2.29. The van der Waals surface area contributed by atoms with E-state index < -0.39 is 27.3 Å². The molecule has 6 nitrogen and oxygen atoms in total. The molecule has 0 spiro atoms. The minimum absolute atomic E-state index is 0.280. The quantitative estimate of drug-likeness (QED) is 0.827. The van der Waals surface area contributed by atoms with Crippen LogP contribution in [-0.2, 0) is 17.1 Å². The first-order chi connectivity index (χ1) is 8.79. The Morgan fingerprint density at radius 3 is 2.58 bits per heavy atom. The lowest BCUT2D eigenvalue weighted by Gasteiger charge is -2.08. The Morgan fingerprint density at radius 2 is 2.00 bits per heavy atom. The Morgan fingerprint density at radius 1 is 1.32 bits per heavy atom. The summed E-state index contributed by atoms with van der Waals surface area (Å²) in [5.41, 5.74) is 4.45. The molecule has 0 amide bonds. The fourth-order valence-corrected chi connectivity index (χ4v) is 2.41. The molecule has 0 radical (unpaired) electrons. The number of hydrogen-bond donors (Lipinski definition) is 2. The van der Waals surface area contributed by atoms with Gasteiger partial charge in [0.05, 0.1) is 17.7 Å². The lowest BCUT2D eigenvalue weighted by molar-refractivity contribution is 0.584. The van der Waals surface area contributed by atoms with Crippen LogP contribution in [0.15, 0.2) is 29.7 Å². The third-order valence-corrected chi connectivity index (χ3v) is 3.54. The predicted octanol–water partition coefficient (Wildman–Crippen LogP) is 1.08. The zero-order valence-electron chi connectivity index (χ0n) is 9.76. The van der Waals surface area contributed by atoms with E-state index in [4.69, 9.17) is 5.73 Å². The topological polar surface area (TPSA) is 90.0 Å². The van der Waals surface area contributed by atoms with Crippen LogP contribution in [0.3, 0.4) is 0 Å². The van der Waals surface area contributed by atoms with Gasteiger partial charge in [0.15, 0.2) is 5.03 Å². The molecule has 0 aliphatic carbocycles. The Bertz CT molecular complexity index is 727. The molecule has 0 fully saturated rings. The van der Waals surface area contributed by atoms with Crippen LogP contribution >= 0.6 is 0 Å². The van der Waals surface area contributed by atoms with Gasteiger partial charge in [-0.05, 0) is 6.07 Å². The number of imidazole rings is 1. The summed E-state index contributed by atoms with van der Waals surface area (Å²) in [6, 6.07) is 1.37. The molecule has 3 N–H and O–H groups in total. The molecule has 0 atom stereocenters.